The predicted octanol–water partition coefficient (Wildman–Crippen LogP) is 6.09. The van der Waals surface area contributed by atoms with E-state index < -0.39 is 0 Å². The van der Waals surface area contributed by atoms with Crippen LogP contribution in [-0.2, 0) is 10.8 Å². The van der Waals surface area contributed by atoms with Crippen LogP contribution in [0.4, 0.5) is 0 Å². The van der Waals surface area contributed by atoms with Crippen molar-refractivity contribution < 1.29 is 5.11 Å². The third kappa shape index (κ3) is 3.90. The summed E-state index contributed by atoms with van der Waals surface area (Å²) in [4.78, 5) is 0. The topological polar surface area (TPSA) is 20.2 Å². The zero-order valence-corrected chi connectivity index (χ0v) is 16.6. The lowest BCUT2D eigenvalue weighted by atomic mass is 9.78. The molecule has 2 rings (SSSR count). The van der Waals surface area contributed by atoms with Crippen molar-refractivity contribution in [2.45, 2.75) is 52.4 Å². The van der Waals surface area contributed by atoms with E-state index in [4.69, 9.17) is 12.2 Å². The maximum Gasteiger partial charge on any atom is 0.123 e. The van der Waals surface area contributed by atoms with Crippen LogP contribution in [0.25, 0.3) is 6.08 Å². The molecular weight excluding hydrogens is 328 g/mol. The van der Waals surface area contributed by atoms with Gasteiger partial charge in [0.15, 0.2) is 0 Å². The molecule has 120 valence electrons. The third-order valence-electron chi connectivity index (χ3n) is 3.70. The summed E-state index contributed by atoms with van der Waals surface area (Å²) < 4.78 is 0.979. The van der Waals surface area contributed by atoms with E-state index in [1.807, 2.05) is 0 Å². The van der Waals surface area contributed by atoms with Gasteiger partial charge in [-0.2, -0.15) is 0 Å². The Balaban J connectivity index is 2.63. The van der Waals surface area contributed by atoms with E-state index in [9.17, 15) is 5.11 Å². The molecule has 1 aromatic carbocycles. The summed E-state index contributed by atoms with van der Waals surface area (Å²) in [5.74, 6) is 1.39. The largest absolute Gasteiger partial charge is 0.507 e. The molecule has 1 saturated heterocycles. The molecular formula is C18H24OS3. The highest BCUT2D eigenvalue weighted by Gasteiger charge is 2.26. The lowest BCUT2D eigenvalue weighted by molar-refractivity contribution is 0.423. The van der Waals surface area contributed by atoms with E-state index in [1.165, 1.54) is 5.57 Å². The van der Waals surface area contributed by atoms with Gasteiger partial charge in [-0.1, -0.05) is 64.6 Å². The van der Waals surface area contributed by atoms with Gasteiger partial charge in [-0.15, -0.1) is 0 Å². The first kappa shape index (κ1) is 17.9. The molecule has 0 amide bonds. The molecule has 4 heteroatoms. The van der Waals surface area contributed by atoms with Gasteiger partial charge in [-0.3, -0.25) is 0 Å². The monoisotopic (exact) mass is 352 g/mol. The maximum absolute atomic E-state index is 10.7. The smallest absolute Gasteiger partial charge is 0.123 e. The van der Waals surface area contributed by atoms with Crippen LogP contribution in [0.15, 0.2) is 17.7 Å². The molecule has 1 aliphatic heterocycles. The molecule has 0 atom stereocenters. The second-order valence-corrected chi connectivity index (χ2v) is 10.7. The predicted molar refractivity (Wildman–Crippen MR) is 106 cm³/mol. The van der Waals surface area contributed by atoms with E-state index in [-0.39, 0.29) is 10.8 Å². The van der Waals surface area contributed by atoms with Gasteiger partial charge < -0.3 is 5.11 Å². The first-order valence-electron chi connectivity index (χ1n) is 7.42. The summed E-state index contributed by atoms with van der Waals surface area (Å²) >= 11 is 5.40. The van der Waals surface area contributed by atoms with Crippen LogP contribution in [0.1, 0.15) is 58.2 Å². The fourth-order valence-electron chi connectivity index (χ4n) is 2.44. The normalized spacial score (nSPS) is 18.3. The van der Waals surface area contributed by atoms with Crippen molar-refractivity contribution in [1.29, 1.82) is 0 Å². The minimum absolute atomic E-state index is 0.0989. The molecule has 22 heavy (non-hydrogen) atoms. The molecule has 1 N–H and O–H groups in total. The van der Waals surface area contributed by atoms with Crippen molar-refractivity contribution in [3.63, 3.8) is 0 Å². The van der Waals surface area contributed by atoms with Crippen LogP contribution in [0.2, 0.25) is 0 Å². The second kappa shape index (κ2) is 6.21. The number of hydrogen-bond donors (Lipinski definition) is 1. The van der Waals surface area contributed by atoms with Gasteiger partial charge in [-0.05, 0) is 51.0 Å². The second-order valence-electron chi connectivity index (χ2n) is 7.77. The fraction of sp³-hybridized carbons (Fsp3) is 0.500. The Morgan fingerprint density at radius 1 is 1.05 bits per heavy atom. The minimum Gasteiger partial charge on any atom is -0.507 e. The molecule has 1 aliphatic rings. The highest BCUT2D eigenvalue weighted by Crippen LogP contribution is 2.42. The summed E-state index contributed by atoms with van der Waals surface area (Å²) in [6.07, 6.45) is 2.18. The van der Waals surface area contributed by atoms with Crippen LogP contribution >= 0.6 is 33.8 Å². The molecule has 0 aliphatic carbocycles. The number of rotatable bonds is 1. The van der Waals surface area contributed by atoms with Crippen molar-refractivity contribution in [2.75, 3.05) is 5.75 Å². The van der Waals surface area contributed by atoms with Crippen LogP contribution in [-0.4, -0.2) is 15.1 Å². The summed E-state index contributed by atoms with van der Waals surface area (Å²) in [6.45, 7) is 12.8. The van der Waals surface area contributed by atoms with Crippen molar-refractivity contribution in [2.24, 2.45) is 0 Å². The van der Waals surface area contributed by atoms with E-state index in [1.54, 1.807) is 21.6 Å². The zero-order chi connectivity index (χ0) is 16.7. The lowest BCUT2D eigenvalue weighted by Crippen LogP contribution is -2.17. The van der Waals surface area contributed by atoms with E-state index >= 15 is 0 Å². The van der Waals surface area contributed by atoms with Crippen LogP contribution in [0.3, 0.4) is 0 Å². The highest BCUT2D eigenvalue weighted by atomic mass is 33.1. The third-order valence-corrected chi connectivity index (χ3v) is 6.70. The van der Waals surface area contributed by atoms with Crippen molar-refractivity contribution in [3.05, 3.63) is 34.4 Å². The number of hydrogen-bond acceptors (Lipinski definition) is 4. The van der Waals surface area contributed by atoms with Crippen molar-refractivity contribution in [3.8, 4) is 5.75 Å². The Morgan fingerprint density at radius 2 is 1.55 bits per heavy atom. The Labute approximate surface area is 147 Å². The standard InChI is InChI=1S/C18H24OS3/c1-17(2,3)13-8-11(7-12-10-21-22-16(12)20)9-14(15(13)19)18(4,5)6/h7-9,19H,10H2,1-6H3/b12-7-. The van der Waals surface area contributed by atoms with E-state index in [0.717, 1.165) is 26.6 Å². The molecule has 1 heterocycles. The zero-order valence-electron chi connectivity index (χ0n) is 14.1. The number of aromatic hydroxyl groups is 1. The Hall–Kier alpha value is -0.450. The fourth-order valence-corrected chi connectivity index (χ4v) is 5.15. The van der Waals surface area contributed by atoms with Gasteiger partial charge in [0.2, 0.25) is 0 Å². The van der Waals surface area contributed by atoms with E-state index in [2.05, 4.69) is 59.8 Å². The number of phenols is 1. The van der Waals surface area contributed by atoms with Crippen molar-refractivity contribution in [1.82, 2.24) is 0 Å². The Bertz CT molecular complexity index is 596. The molecule has 0 aromatic heterocycles. The minimum atomic E-state index is -0.0989. The summed E-state index contributed by atoms with van der Waals surface area (Å²) in [5, 5.41) is 10.7. The quantitative estimate of drug-likeness (QED) is 0.374. The Morgan fingerprint density at radius 3 is 1.91 bits per heavy atom. The number of benzene rings is 1. The Kier molecular flexibility index (Phi) is 5.06. The van der Waals surface area contributed by atoms with Gasteiger partial charge in [0.25, 0.3) is 0 Å². The van der Waals surface area contributed by atoms with Crippen LogP contribution in [0, 0.1) is 0 Å². The lowest BCUT2D eigenvalue weighted by Gasteiger charge is -2.28. The first-order chi connectivity index (χ1) is 10.00. The highest BCUT2D eigenvalue weighted by molar-refractivity contribution is 8.84. The molecule has 0 spiro atoms. The van der Waals surface area contributed by atoms with E-state index in [0.29, 0.717) is 5.75 Å². The molecule has 1 fully saturated rings. The average molecular weight is 353 g/mol. The van der Waals surface area contributed by atoms with Gasteiger partial charge in [-0.25, -0.2) is 0 Å². The van der Waals surface area contributed by atoms with Gasteiger partial charge >= 0.3 is 0 Å². The summed E-state index contributed by atoms with van der Waals surface area (Å²) in [6, 6.07) is 4.21. The summed E-state index contributed by atoms with van der Waals surface area (Å²) in [5.41, 5.74) is 4.15. The van der Waals surface area contributed by atoms with Gasteiger partial charge in [0, 0.05) is 16.9 Å². The maximum atomic E-state index is 10.7. The van der Waals surface area contributed by atoms with Crippen molar-refractivity contribution >= 4 is 44.1 Å². The van der Waals surface area contributed by atoms with Gasteiger partial charge in [0.05, 0.1) is 4.20 Å². The van der Waals surface area contributed by atoms with Crippen LogP contribution in [0.5, 0.6) is 5.75 Å². The molecule has 1 nitrogen and oxygen atoms in total. The molecule has 1 aromatic rings. The molecule has 0 unspecified atom stereocenters. The summed E-state index contributed by atoms with van der Waals surface area (Å²) in [7, 11) is 3.47. The molecule has 0 bridgehead atoms. The SMILES string of the molecule is CC(C)(C)c1cc(/C=C2/CSSC2=S)cc(C(C)(C)C)c1O. The molecule has 0 radical (unpaired) electrons. The first-order valence-corrected chi connectivity index (χ1v) is 10.1. The number of thiocarbonyl (C=S) groups is 1. The number of phenolic OH excluding ortho intramolecular Hbond substituents is 1. The van der Waals surface area contributed by atoms with Crippen LogP contribution < -0.4 is 0 Å². The molecule has 0 saturated carbocycles. The average Bonchev–Trinajstić information content (AvgIpc) is 2.74. The van der Waals surface area contributed by atoms with Gasteiger partial charge in [0.1, 0.15) is 5.75 Å².